The summed E-state index contributed by atoms with van der Waals surface area (Å²) >= 11 is 0. The van der Waals surface area contributed by atoms with Crippen molar-refractivity contribution in [1.29, 1.82) is 0 Å². The Morgan fingerprint density at radius 3 is 2.08 bits per heavy atom. The Morgan fingerprint density at radius 2 is 1.83 bits per heavy atom. The first-order valence-electron chi connectivity index (χ1n) is 4.13. The normalized spacial score (nSPS) is 15.1. The minimum absolute atomic E-state index is 0.0365. The maximum atomic E-state index is 10.9. The Hall–Kier alpha value is -0.0900. The van der Waals surface area contributed by atoms with Gasteiger partial charge in [0.2, 0.25) is 0 Å². The largest absolute Gasteiger partial charge is 0.396 e. The first-order chi connectivity index (χ1) is 5.35. The predicted molar refractivity (Wildman–Crippen MR) is 49.7 cm³/mol. The summed E-state index contributed by atoms with van der Waals surface area (Å²) in [5.74, 6) is 0.436. The Balaban J connectivity index is 4.01. The van der Waals surface area contributed by atoms with E-state index >= 15 is 0 Å². The Labute approximate surface area is 74.7 Å². The maximum Gasteiger partial charge on any atom is 0.147 e. The molecular formula is C8H18O3S. The average Bonchev–Trinajstić information content (AvgIpc) is 1.82. The molecule has 1 N–H and O–H groups in total. The van der Waals surface area contributed by atoms with E-state index in [1.165, 1.54) is 6.26 Å². The van der Waals surface area contributed by atoms with Crippen LogP contribution >= 0.6 is 0 Å². The highest BCUT2D eigenvalue weighted by Crippen LogP contribution is 2.12. The molecule has 0 aliphatic heterocycles. The predicted octanol–water partition coefficient (Wildman–Crippen LogP) is 0.686. The molecule has 0 rings (SSSR count). The number of sulfone groups is 1. The van der Waals surface area contributed by atoms with Crippen molar-refractivity contribution in [2.45, 2.75) is 20.3 Å². The zero-order chi connectivity index (χ0) is 9.78. The number of aliphatic hydroxyl groups is 1. The molecule has 0 saturated heterocycles. The molecule has 0 heterocycles. The fourth-order valence-corrected chi connectivity index (χ4v) is 2.39. The van der Waals surface area contributed by atoms with Crippen LogP contribution in [0.5, 0.6) is 0 Å². The van der Waals surface area contributed by atoms with Gasteiger partial charge in [-0.15, -0.1) is 0 Å². The Bertz CT molecular complexity index is 206. The number of aliphatic hydroxyl groups excluding tert-OH is 1. The van der Waals surface area contributed by atoms with Gasteiger partial charge in [-0.3, -0.25) is 0 Å². The van der Waals surface area contributed by atoms with Crippen molar-refractivity contribution in [2.75, 3.05) is 18.6 Å². The second-order valence-electron chi connectivity index (χ2n) is 3.77. The molecule has 1 atom stereocenters. The molecule has 3 nitrogen and oxygen atoms in total. The highest BCUT2D eigenvalue weighted by atomic mass is 32.2. The highest BCUT2D eigenvalue weighted by Gasteiger charge is 2.15. The summed E-state index contributed by atoms with van der Waals surface area (Å²) in [6.07, 6.45) is 1.97. The van der Waals surface area contributed by atoms with E-state index in [4.69, 9.17) is 5.11 Å². The van der Waals surface area contributed by atoms with Crippen LogP contribution in [0, 0.1) is 11.8 Å². The smallest absolute Gasteiger partial charge is 0.147 e. The molecule has 1 unspecified atom stereocenters. The van der Waals surface area contributed by atoms with Crippen molar-refractivity contribution in [3.8, 4) is 0 Å². The molecule has 0 aliphatic carbocycles. The van der Waals surface area contributed by atoms with Crippen LogP contribution < -0.4 is 0 Å². The van der Waals surface area contributed by atoms with Crippen LogP contribution in [0.4, 0.5) is 0 Å². The third-order valence-electron chi connectivity index (χ3n) is 1.60. The van der Waals surface area contributed by atoms with Crippen molar-refractivity contribution in [3.05, 3.63) is 0 Å². The van der Waals surface area contributed by atoms with Crippen LogP contribution in [-0.4, -0.2) is 32.1 Å². The highest BCUT2D eigenvalue weighted by molar-refractivity contribution is 7.90. The Morgan fingerprint density at radius 1 is 1.33 bits per heavy atom. The van der Waals surface area contributed by atoms with Crippen LogP contribution in [0.15, 0.2) is 0 Å². The summed E-state index contributed by atoms with van der Waals surface area (Å²) in [5, 5.41) is 8.87. The van der Waals surface area contributed by atoms with Crippen molar-refractivity contribution in [3.63, 3.8) is 0 Å². The van der Waals surface area contributed by atoms with E-state index in [1.54, 1.807) is 0 Å². The van der Waals surface area contributed by atoms with E-state index in [2.05, 4.69) is 0 Å². The van der Waals surface area contributed by atoms with E-state index in [0.29, 0.717) is 5.92 Å². The summed E-state index contributed by atoms with van der Waals surface area (Å²) in [4.78, 5) is 0. The van der Waals surface area contributed by atoms with Gasteiger partial charge in [0.15, 0.2) is 0 Å². The van der Waals surface area contributed by atoms with E-state index < -0.39 is 9.84 Å². The standard InChI is InChI=1S/C8H18O3S/c1-7(2)4-8(5-9)6-12(3,10)11/h7-9H,4-6H2,1-3H3. The molecule has 0 bridgehead atoms. The fourth-order valence-electron chi connectivity index (χ4n) is 1.29. The number of rotatable bonds is 5. The van der Waals surface area contributed by atoms with Gasteiger partial charge in [-0.2, -0.15) is 0 Å². The lowest BCUT2D eigenvalue weighted by molar-refractivity contribution is 0.219. The number of hydrogen-bond acceptors (Lipinski definition) is 3. The van der Waals surface area contributed by atoms with E-state index in [0.717, 1.165) is 6.42 Å². The molecule has 0 spiro atoms. The fraction of sp³-hybridized carbons (Fsp3) is 1.00. The summed E-state index contributed by atoms with van der Waals surface area (Å²) in [6, 6.07) is 0. The quantitative estimate of drug-likeness (QED) is 0.700. The van der Waals surface area contributed by atoms with E-state index in [9.17, 15) is 8.42 Å². The molecule has 0 amide bonds. The van der Waals surface area contributed by atoms with Gasteiger partial charge in [0.05, 0.1) is 5.75 Å². The van der Waals surface area contributed by atoms with Crippen LogP contribution in [0.25, 0.3) is 0 Å². The summed E-state index contributed by atoms with van der Waals surface area (Å²) in [7, 11) is -2.94. The van der Waals surface area contributed by atoms with Gasteiger partial charge in [-0.1, -0.05) is 13.8 Å². The molecule has 0 aromatic heterocycles. The zero-order valence-corrected chi connectivity index (χ0v) is 8.76. The van der Waals surface area contributed by atoms with E-state index in [1.807, 2.05) is 13.8 Å². The van der Waals surface area contributed by atoms with Crippen molar-refractivity contribution >= 4 is 9.84 Å². The monoisotopic (exact) mass is 194 g/mol. The van der Waals surface area contributed by atoms with Crippen LogP contribution in [-0.2, 0) is 9.84 Å². The minimum Gasteiger partial charge on any atom is -0.396 e. The zero-order valence-electron chi connectivity index (χ0n) is 7.95. The molecule has 12 heavy (non-hydrogen) atoms. The van der Waals surface area contributed by atoms with Crippen molar-refractivity contribution in [2.24, 2.45) is 11.8 Å². The van der Waals surface area contributed by atoms with Crippen LogP contribution in [0.3, 0.4) is 0 Å². The SMILES string of the molecule is CC(C)CC(CO)CS(C)(=O)=O. The lowest BCUT2D eigenvalue weighted by atomic mass is 10.00. The van der Waals surface area contributed by atoms with Crippen LogP contribution in [0.2, 0.25) is 0 Å². The maximum absolute atomic E-state index is 10.9. The average molecular weight is 194 g/mol. The van der Waals surface area contributed by atoms with Gasteiger partial charge in [0.1, 0.15) is 9.84 Å². The lowest BCUT2D eigenvalue weighted by Gasteiger charge is -2.14. The van der Waals surface area contributed by atoms with Gasteiger partial charge < -0.3 is 5.11 Å². The summed E-state index contributed by atoms with van der Waals surface area (Å²) in [5.41, 5.74) is 0. The Kier molecular flexibility index (Phi) is 4.78. The molecule has 0 radical (unpaired) electrons. The number of hydrogen-bond donors (Lipinski definition) is 1. The first kappa shape index (κ1) is 11.9. The van der Waals surface area contributed by atoms with Gasteiger partial charge >= 0.3 is 0 Å². The lowest BCUT2D eigenvalue weighted by Crippen LogP contribution is -2.19. The molecule has 4 heteroatoms. The molecule has 0 fully saturated rings. The van der Waals surface area contributed by atoms with Gasteiger partial charge in [0, 0.05) is 12.9 Å². The molecule has 0 aromatic rings. The minimum atomic E-state index is -2.94. The molecule has 0 saturated carbocycles. The molecule has 0 aromatic carbocycles. The topological polar surface area (TPSA) is 54.4 Å². The van der Waals surface area contributed by atoms with Gasteiger partial charge in [-0.25, -0.2) is 8.42 Å². The molecular weight excluding hydrogens is 176 g/mol. The van der Waals surface area contributed by atoms with Crippen LogP contribution in [0.1, 0.15) is 20.3 Å². The molecule has 0 aliphatic rings. The van der Waals surface area contributed by atoms with Gasteiger partial charge in [-0.05, 0) is 18.3 Å². The second kappa shape index (κ2) is 4.82. The van der Waals surface area contributed by atoms with Gasteiger partial charge in [0.25, 0.3) is 0 Å². The summed E-state index contributed by atoms with van der Waals surface area (Å²) < 4.78 is 21.7. The van der Waals surface area contributed by atoms with Crippen molar-refractivity contribution < 1.29 is 13.5 Å². The van der Waals surface area contributed by atoms with Crippen molar-refractivity contribution in [1.82, 2.24) is 0 Å². The molecule has 74 valence electrons. The van der Waals surface area contributed by atoms with E-state index in [-0.39, 0.29) is 18.3 Å². The summed E-state index contributed by atoms with van der Waals surface area (Å²) in [6.45, 7) is 4.00. The third kappa shape index (κ3) is 6.61. The second-order valence-corrected chi connectivity index (χ2v) is 5.96. The first-order valence-corrected chi connectivity index (χ1v) is 6.19. The third-order valence-corrected chi connectivity index (χ3v) is 2.68.